The standard InChI is InChI=1S/C11H8FNO3S/c1-16-13-9(11(14)15)7-5-17-10-6(7)3-2-4-8(10)12/h2-5H,1H3,(H,14,15). The summed E-state index contributed by atoms with van der Waals surface area (Å²) in [5.41, 5.74) is 0.128. The van der Waals surface area contributed by atoms with Gasteiger partial charge in [-0.15, -0.1) is 11.3 Å². The molecule has 0 amide bonds. The molecule has 2 rings (SSSR count). The van der Waals surface area contributed by atoms with Gasteiger partial charge in [0, 0.05) is 16.3 Å². The molecule has 0 aliphatic heterocycles. The second kappa shape index (κ2) is 4.50. The van der Waals surface area contributed by atoms with E-state index >= 15 is 0 Å². The molecular formula is C11H8FNO3S. The van der Waals surface area contributed by atoms with E-state index in [0.29, 0.717) is 15.6 Å². The Hall–Kier alpha value is -1.95. The van der Waals surface area contributed by atoms with E-state index < -0.39 is 5.97 Å². The molecule has 2 aromatic rings. The van der Waals surface area contributed by atoms with E-state index in [4.69, 9.17) is 5.11 Å². The molecule has 1 N–H and O–H groups in total. The summed E-state index contributed by atoms with van der Waals surface area (Å²) >= 11 is 1.14. The van der Waals surface area contributed by atoms with Gasteiger partial charge in [0.05, 0.1) is 4.70 Å². The third kappa shape index (κ3) is 1.99. The lowest BCUT2D eigenvalue weighted by molar-refractivity contribution is -0.129. The summed E-state index contributed by atoms with van der Waals surface area (Å²) in [6.07, 6.45) is 0. The molecule has 0 saturated carbocycles. The Kier molecular flexibility index (Phi) is 3.06. The lowest BCUT2D eigenvalue weighted by Gasteiger charge is -1.99. The van der Waals surface area contributed by atoms with E-state index in [1.165, 1.54) is 19.2 Å². The number of thiophene rings is 1. The summed E-state index contributed by atoms with van der Waals surface area (Å²) in [5, 5.41) is 14.5. The molecule has 4 nitrogen and oxygen atoms in total. The van der Waals surface area contributed by atoms with Crippen molar-refractivity contribution in [2.24, 2.45) is 5.16 Å². The third-order valence-electron chi connectivity index (χ3n) is 2.19. The average molecular weight is 253 g/mol. The molecule has 0 saturated heterocycles. The summed E-state index contributed by atoms with van der Waals surface area (Å²) in [6, 6.07) is 4.51. The predicted molar refractivity (Wildman–Crippen MR) is 63.0 cm³/mol. The van der Waals surface area contributed by atoms with Crippen LogP contribution in [0.3, 0.4) is 0 Å². The number of carboxylic acid groups (broad SMARTS) is 1. The van der Waals surface area contributed by atoms with Crippen molar-refractivity contribution < 1.29 is 19.1 Å². The fourth-order valence-corrected chi connectivity index (χ4v) is 2.46. The van der Waals surface area contributed by atoms with Gasteiger partial charge in [-0.05, 0) is 6.07 Å². The van der Waals surface area contributed by atoms with Crippen molar-refractivity contribution in [2.75, 3.05) is 7.11 Å². The summed E-state index contributed by atoms with van der Waals surface area (Å²) in [5.74, 6) is -1.59. The number of rotatable bonds is 3. The molecule has 0 aliphatic rings. The van der Waals surface area contributed by atoms with Crippen molar-refractivity contribution >= 4 is 33.1 Å². The van der Waals surface area contributed by atoms with Crippen LogP contribution in [0.25, 0.3) is 10.1 Å². The average Bonchev–Trinajstić information content (AvgIpc) is 2.70. The van der Waals surface area contributed by atoms with Crippen LogP contribution in [-0.2, 0) is 9.63 Å². The summed E-state index contributed by atoms with van der Waals surface area (Å²) in [7, 11) is 1.26. The Morgan fingerprint density at radius 3 is 2.94 bits per heavy atom. The summed E-state index contributed by atoms with van der Waals surface area (Å²) in [4.78, 5) is 15.5. The SMILES string of the molecule is CON=C(C(=O)O)c1csc2c(F)cccc12. The quantitative estimate of drug-likeness (QED) is 0.675. The Morgan fingerprint density at radius 1 is 1.53 bits per heavy atom. The lowest BCUT2D eigenvalue weighted by Crippen LogP contribution is -2.14. The van der Waals surface area contributed by atoms with Gasteiger partial charge in [-0.25, -0.2) is 9.18 Å². The molecule has 88 valence electrons. The zero-order valence-electron chi connectivity index (χ0n) is 8.81. The molecule has 0 unspecified atom stereocenters. The number of oxime groups is 1. The van der Waals surface area contributed by atoms with Crippen molar-refractivity contribution in [1.29, 1.82) is 0 Å². The Morgan fingerprint density at radius 2 is 2.29 bits per heavy atom. The van der Waals surface area contributed by atoms with E-state index in [9.17, 15) is 9.18 Å². The largest absolute Gasteiger partial charge is 0.476 e. The highest BCUT2D eigenvalue weighted by Crippen LogP contribution is 2.28. The fraction of sp³-hybridized carbons (Fsp3) is 0.0909. The molecule has 1 heterocycles. The number of benzene rings is 1. The first-order chi connectivity index (χ1) is 8.15. The van der Waals surface area contributed by atoms with Crippen molar-refractivity contribution in [2.45, 2.75) is 0 Å². The number of aliphatic carboxylic acids is 1. The van der Waals surface area contributed by atoms with Gasteiger partial charge in [0.1, 0.15) is 12.9 Å². The van der Waals surface area contributed by atoms with Gasteiger partial charge in [0.25, 0.3) is 0 Å². The number of hydrogen-bond donors (Lipinski definition) is 1. The minimum atomic E-state index is -1.21. The molecule has 6 heteroatoms. The van der Waals surface area contributed by atoms with E-state index in [-0.39, 0.29) is 11.5 Å². The molecule has 0 fully saturated rings. The van der Waals surface area contributed by atoms with E-state index in [1.54, 1.807) is 11.4 Å². The van der Waals surface area contributed by atoms with Gasteiger partial charge < -0.3 is 9.94 Å². The van der Waals surface area contributed by atoms with E-state index in [1.807, 2.05) is 0 Å². The molecular weight excluding hydrogens is 245 g/mol. The van der Waals surface area contributed by atoms with Crippen LogP contribution < -0.4 is 0 Å². The van der Waals surface area contributed by atoms with Crippen LogP contribution in [0.1, 0.15) is 5.56 Å². The van der Waals surface area contributed by atoms with Gasteiger partial charge in [-0.3, -0.25) is 0 Å². The topological polar surface area (TPSA) is 58.9 Å². The van der Waals surface area contributed by atoms with Crippen molar-refractivity contribution in [3.8, 4) is 0 Å². The minimum Gasteiger partial charge on any atom is -0.476 e. The van der Waals surface area contributed by atoms with Gasteiger partial charge >= 0.3 is 5.97 Å². The molecule has 1 aromatic carbocycles. The predicted octanol–water partition coefficient (Wildman–Crippen LogP) is 2.48. The van der Waals surface area contributed by atoms with E-state index in [0.717, 1.165) is 11.3 Å². The number of nitrogens with zero attached hydrogens (tertiary/aromatic N) is 1. The van der Waals surface area contributed by atoms with Crippen LogP contribution >= 0.6 is 11.3 Å². The van der Waals surface area contributed by atoms with Crippen molar-refractivity contribution in [1.82, 2.24) is 0 Å². The second-order valence-corrected chi connectivity index (χ2v) is 4.07. The van der Waals surface area contributed by atoms with E-state index in [2.05, 4.69) is 9.99 Å². The summed E-state index contributed by atoms with van der Waals surface area (Å²) in [6.45, 7) is 0. The third-order valence-corrected chi connectivity index (χ3v) is 3.20. The van der Waals surface area contributed by atoms with Crippen molar-refractivity contribution in [3.05, 3.63) is 35.0 Å². The summed E-state index contributed by atoms with van der Waals surface area (Å²) < 4.78 is 13.9. The van der Waals surface area contributed by atoms with Crippen LogP contribution in [0.2, 0.25) is 0 Å². The Bertz CT molecular complexity index is 606. The zero-order chi connectivity index (χ0) is 12.4. The highest BCUT2D eigenvalue weighted by molar-refractivity contribution is 7.17. The maximum atomic E-state index is 13.4. The first-order valence-electron chi connectivity index (χ1n) is 4.65. The number of carbonyl (C=O) groups is 1. The Balaban J connectivity index is 2.67. The fourth-order valence-electron chi connectivity index (χ4n) is 1.50. The van der Waals surface area contributed by atoms with Gasteiger partial charge in [-0.1, -0.05) is 17.3 Å². The van der Waals surface area contributed by atoms with Gasteiger partial charge in [0.2, 0.25) is 0 Å². The van der Waals surface area contributed by atoms with Crippen LogP contribution in [0.15, 0.2) is 28.7 Å². The van der Waals surface area contributed by atoms with Gasteiger partial charge in [-0.2, -0.15) is 0 Å². The molecule has 0 bridgehead atoms. The number of carboxylic acids is 1. The molecule has 17 heavy (non-hydrogen) atoms. The first kappa shape index (κ1) is 11.5. The van der Waals surface area contributed by atoms with Crippen molar-refractivity contribution in [3.63, 3.8) is 0 Å². The highest BCUT2D eigenvalue weighted by Gasteiger charge is 2.19. The number of hydrogen-bond acceptors (Lipinski definition) is 4. The molecule has 0 radical (unpaired) electrons. The maximum Gasteiger partial charge on any atom is 0.358 e. The molecule has 1 aromatic heterocycles. The van der Waals surface area contributed by atoms with Crippen LogP contribution in [0, 0.1) is 5.82 Å². The molecule has 0 atom stereocenters. The van der Waals surface area contributed by atoms with Gasteiger partial charge in [0.15, 0.2) is 5.71 Å². The smallest absolute Gasteiger partial charge is 0.358 e. The monoisotopic (exact) mass is 253 g/mol. The normalized spacial score (nSPS) is 11.8. The highest BCUT2D eigenvalue weighted by atomic mass is 32.1. The zero-order valence-corrected chi connectivity index (χ0v) is 9.62. The maximum absolute atomic E-state index is 13.4. The number of halogens is 1. The first-order valence-corrected chi connectivity index (χ1v) is 5.53. The lowest BCUT2D eigenvalue weighted by atomic mass is 10.1. The van der Waals surface area contributed by atoms with Crippen LogP contribution in [0.5, 0.6) is 0 Å². The second-order valence-electron chi connectivity index (χ2n) is 3.19. The molecule has 0 aliphatic carbocycles. The molecule has 0 spiro atoms. The van der Waals surface area contributed by atoms with Crippen LogP contribution in [0.4, 0.5) is 4.39 Å². The van der Waals surface area contributed by atoms with Crippen LogP contribution in [-0.4, -0.2) is 23.9 Å². The number of fused-ring (bicyclic) bond motifs is 1. The Labute approximate surface area is 99.9 Å². The minimum absolute atomic E-state index is 0.232.